The van der Waals surface area contributed by atoms with Crippen LogP contribution in [0.4, 0.5) is 11.4 Å². The molecule has 4 rings (SSSR count). The van der Waals surface area contributed by atoms with E-state index in [-0.39, 0.29) is 34.0 Å². The van der Waals surface area contributed by atoms with Gasteiger partial charge in [0.1, 0.15) is 5.15 Å². The van der Waals surface area contributed by atoms with Gasteiger partial charge < -0.3 is 15.4 Å². The number of para-hydroxylation sites is 2. The molecule has 1 aliphatic heterocycles. The van der Waals surface area contributed by atoms with E-state index in [2.05, 4.69) is 15.7 Å². The number of amides is 2. The van der Waals surface area contributed by atoms with Crippen molar-refractivity contribution >= 4 is 56.7 Å². The molecule has 2 amide bonds. The van der Waals surface area contributed by atoms with Crippen LogP contribution in [0.2, 0.25) is 5.15 Å². The molecule has 0 radical (unpaired) electrons. The smallest absolute Gasteiger partial charge is 0.331 e. The van der Waals surface area contributed by atoms with Gasteiger partial charge in [-0.3, -0.25) is 9.59 Å². The van der Waals surface area contributed by atoms with E-state index < -0.39 is 34.2 Å². The predicted molar refractivity (Wildman–Crippen MR) is 144 cm³/mol. The SMILES string of the molecule is Cc1nn([C@@H]2CCS(=O)(=O)C2)c(Cl)c1/C=C/C(=O)OCC(=O)Nc1ccccc1C(=O)Nc1ccccc1. The Morgan fingerprint density at radius 3 is 2.53 bits per heavy atom. The summed E-state index contributed by atoms with van der Waals surface area (Å²) < 4.78 is 30.1. The van der Waals surface area contributed by atoms with Crippen molar-refractivity contribution < 1.29 is 27.5 Å². The lowest BCUT2D eigenvalue weighted by Crippen LogP contribution is -2.22. The zero-order chi connectivity index (χ0) is 27.3. The quantitative estimate of drug-likeness (QED) is 0.319. The van der Waals surface area contributed by atoms with Crippen LogP contribution >= 0.6 is 11.6 Å². The van der Waals surface area contributed by atoms with E-state index in [9.17, 15) is 22.8 Å². The Bertz CT molecular complexity index is 1500. The van der Waals surface area contributed by atoms with Gasteiger partial charge >= 0.3 is 5.97 Å². The number of hydrogen-bond acceptors (Lipinski definition) is 7. The van der Waals surface area contributed by atoms with Crippen LogP contribution in [0.5, 0.6) is 0 Å². The molecule has 1 aliphatic rings. The molecule has 3 aromatic rings. The van der Waals surface area contributed by atoms with Crippen molar-refractivity contribution in [3.8, 4) is 0 Å². The van der Waals surface area contributed by atoms with Crippen LogP contribution in [0.1, 0.15) is 34.1 Å². The lowest BCUT2D eigenvalue weighted by Gasteiger charge is -2.11. The van der Waals surface area contributed by atoms with Crippen molar-refractivity contribution in [2.75, 3.05) is 28.7 Å². The highest BCUT2D eigenvalue weighted by molar-refractivity contribution is 7.91. The number of benzene rings is 2. The molecule has 1 atom stereocenters. The van der Waals surface area contributed by atoms with Gasteiger partial charge in [-0.2, -0.15) is 5.10 Å². The number of hydrogen-bond donors (Lipinski definition) is 2. The van der Waals surface area contributed by atoms with E-state index in [1.807, 2.05) is 6.07 Å². The van der Waals surface area contributed by atoms with Crippen molar-refractivity contribution in [3.05, 3.63) is 82.6 Å². The van der Waals surface area contributed by atoms with Gasteiger partial charge in [-0.15, -0.1) is 0 Å². The number of carbonyl (C=O) groups excluding carboxylic acids is 3. The first-order valence-electron chi connectivity index (χ1n) is 11.7. The largest absolute Gasteiger partial charge is 0.452 e. The minimum atomic E-state index is -3.12. The topological polar surface area (TPSA) is 136 Å². The fraction of sp³-hybridized carbons (Fsp3) is 0.231. The lowest BCUT2D eigenvalue weighted by molar-refractivity contribution is -0.142. The van der Waals surface area contributed by atoms with Gasteiger partial charge in [0, 0.05) is 17.3 Å². The Morgan fingerprint density at radius 2 is 1.82 bits per heavy atom. The monoisotopic (exact) mass is 556 g/mol. The number of rotatable bonds is 8. The third-order valence-electron chi connectivity index (χ3n) is 5.83. The average Bonchev–Trinajstić information content (AvgIpc) is 3.39. The summed E-state index contributed by atoms with van der Waals surface area (Å²) in [6.07, 6.45) is 2.94. The molecule has 12 heteroatoms. The highest BCUT2D eigenvalue weighted by Crippen LogP contribution is 2.30. The maximum absolute atomic E-state index is 12.7. The highest BCUT2D eigenvalue weighted by Gasteiger charge is 2.31. The Balaban J connectivity index is 1.33. The number of aryl methyl sites for hydroxylation is 1. The molecule has 198 valence electrons. The number of anilines is 2. The molecule has 1 saturated heterocycles. The van der Waals surface area contributed by atoms with Crippen LogP contribution in [-0.4, -0.2) is 54.1 Å². The van der Waals surface area contributed by atoms with E-state index in [1.165, 1.54) is 10.8 Å². The zero-order valence-electron chi connectivity index (χ0n) is 20.4. The first-order chi connectivity index (χ1) is 18.1. The van der Waals surface area contributed by atoms with Crippen molar-refractivity contribution in [2.24, 2.45) is 0 Å². The van der Waals surface area contributed by atoms with Crippen LogP contribution in [0.15, 0.2) is 60.7 Å². The Kier molecular flexibility index (Phi) is 8.28. The minimum Gasteiger partial charge on any atom is -0.452 e. The summed E-state index contributed by atoms with van der Waals surface area (Å²) in [7, 11) is -3.12. The molecule has 0 unspecified atom stereocenters. The fourth-order valence-corrected chi connectivity index (χ4v) is 6.03. The molecule has 2 heterocycles. The average molecular weight is 557 g/mol. The number of sulfone groups is 1. The number of ether oxygens (including phenoxy) is 1. The zero-order valence-corrected chi connectivity index (χ0v) is 22.0. The molecule has 1 fully saturated rings. The second kappa shape index (κ2) is 11.6. The van der Waals surface area contributed by atoms with Gasteiger partial charge in [-0.05, 0) is 43.7 Å². The minimum absolute atomic E-state index is 0.0365. The maximum atomic E-state index is 12.7. The van der Waals surface area contributed by atoms with Crippen LogP contribution < -0.4 is 10.6 Å². The summed E-state index contributed by atoms with van der Waals surface area (Å²) >= 11 is 6.40. The molecule has 0 bridgehead atoms. The van der Waals surface area contributed by atoms with Crippen LogP contribution in [0.3, 0.4) is 0 Å². The standard InChI is InChI=1S/C26H25ClN4O6S/c1-17-20(25(27)31(30-17)19-13-14-38(35,36)16-19)11-12-24(33)37-15-23(32)29-22-10-6-5-9-21(22)26(34)28-18-7-3-2-4-8-18/h2-12,19H,13-16H2,1H3,(H,28,34)(H,29,32)/b12-11+/t19-/m1/s1. The molecule has 1 aromatic heterocycles. The third-order valence-corrected chi connectivity index (χ3v) is 7.96. The number of nitrogens with zero attached hydrogens (tertiary/aromatic N) is 2. The molecule has 2 N–H and O–H groups in total. The number of aromatic nitrogens is 2. The van der Waals surface area contributed by atoms with Crippen molar-refractivity contribution in [1.82, 2.24) is 9.78 Å². The lowest BCUT2D eigenvalue weighted by atomic mass is 10.1. The Labute approximate surface area is 224 Å². The van der Waals surface area contributed by atoms with Crippen molar-refractivity contribution in [1.29, 1.82) is 0 Å². The van der Waals surface area contributed by atoms with E-state index >= 15 is 0 Å². The molecule has 0 spiro atoms. The molecule has 10 nitrogen and oxygen atoms in total. The first-order valence-corrected chi connectivity index (χ1v) is 13.9. The number of nitrogens with one attached hydrogen (secondary N) is 2. The third kappa shape index (κ3) is 6.67. The van der Waals surface area contributed by atoms with Crippen molar-refractivity contribution in [3.63, 3.8) is 0 Å². The molecular formula is C26H25ClN4O6S. The van der Waals surface area contributed by atoms with Crippen molar-refractivity contribution in [2.45, 2.75) is 19.4 Å². The number of carbonyl (C=O) groups is 3. The van der Waals surface area contributed by atoms with Gasteiger partial charge in [-0.25, -0.2) is 17.9 Å². The molecule has 2 aromatic carbocycles. The normalized spacial score (nSPS) is 16.3. The summed E-state index contributed by atoms with van der Waals surface area (Å²) in [5.74, 6) is -1.78. The first kappa shape index (κ1) is 27.1. The Hall–Kier alpha value is -3.96. The highest BCUT2D eigenvalue weighted by atomic mass is 35.5. The van der Waals surface area contributed by atoms with E-state index in [1.54, 1.807) is 55.5 Å². The van der Waals surface area contributed by atoms with Crippen LogP contribution in [0.25, 0.3) is 6.08 Å². The fourth-order valence-electron chi connectivity index (χ4n) is 3.96. The molecular weight excluding hydrogens is 532 g/mol. The summed E-state index contributed by atoms with van der Waals surface area (Å²) in [6, 6.07) is 15.0. The van der Waals surface area contributed by atoms with Gasteiger partial charge in [0.15, 0.2) is 16.4 Å². The summed E-state index contributed by atoms with van der Waals surface area (Å²) in [6.45, 7) is 1.11. The van der Waals surface area contributed by atoms with Gasteiger partial charge in [0.05, 0.1) is 34.5 Å². The molecule has 0 aliphatic carbocycles. The van der Waals surface area contributed by atoms with Crippen LogP contribution in [0, 0.1) is 6.92 Å². The van der Waals surface area contributed by atoms with E-state index in [0.717, 1.165) is 6.08 Å². The maximum Gasteiger partial charge on any atom is 0.331 e. The second-order valence-corrected chi connectivity index (χ2v) is 11.2. The Morgan fingerprint density at radius 1 is 1.11 bits per heavy atom. The van der Waals surface area contributed by atoms with Gasteiger partial charge in [0.2, 0.25) is 0 Å². The van der Waals surface area contributed by atoms with Crippen LogP contribution in [-0.2, 0) is 24.2 Å². The number of halogens is 1. The molecule has 0 saturated carbocycles. The van der Waals surface area contributed by atoms with Gasteiger partial charge in [-0.1, -0.05) is 41.9 Å². The number of esters is 1. The van der Waals surface area contributed by atoms with Gasteiger partial charge in [0.25, 0.3) is 11.8 Å². The summed E-state index contributed by atoms with van der Waals surface area (Å²) in [4.78, 5) is 37.3. The second-order valence-electron chi connectivity index (χ2n) is 8.65. The van der Waals surface area contributed by atoms with E-state index in [0.29, 0.717) is 23.4 Å². The van der Waals surface area contributed by atoms with E-state index in [4.69, 9.17) is 16.3 Å². The predicted octanol–water partition coefficient (Wildman–Crippen LogP) is 3.65. The molecule has 38 heavy (non-hydrogen) atoms. The summed E-state index contributed by atoms with van der Waals surface area (Å²) in [5.41, 5.74) is 2.09. The summed E-state index contributed by atoms with van der Waals surface area (Å²) in [5, 5.41) is 9.88.